The summed E-state index contributed by atoms with van der Waals surface area (Å²) < 4.78 is 7.13. The van der Waals surface area contributed by atoms with E-state index in [9.17, 15) is 14.4 Å². The quantitative estimate of drug-likeness (QED) is 0.375. The van der Waals surface area contributed by atoms with Crippen LogP contribution in [-0.4, -0.2) is 89.4 Å². The minimum atomic E-state index is -0.442. The van der Waals surface area contributed by atoms with E-state index in [4.69, 9.17) is 4.74 Å². The number of carbonyl (C=O) groups excluding carboxylic acids is 3. The highest BCUT2D eigenvalue weighted by atomic mass is 32.1. The zero-order valence-corrected chi connectivity index (χ0v) is 23.0. The molecule has 0 unspecified atom stereocenters. The van der Waals surface area contributed by atoms with Crippen molar-refractivity contribution in [2.75, 3.05) is 45.9 Å². The number of carbonyl (C=O) groups is 3. The molecule has 2 aromatic carbocycles. The first kappa shape index (κ1) is 27.7. The zero-order chi connectivity index (χ0) is 26.9. The highest BCUT2D eigenvalue weighted by Crippen LogP contribution is 2.23. The van der Waals surface area contributed by atoms with E-state index in [1.165, 1.54) is 0 Å². The van der Waals surface area contributed by atoms with Crippen LogP contribution >= 0.6 is 11.3 Å². The van der Waals surface area contributed by atoms with E-state index in [0.717, 1.165) is 20.8 Å². The lowest BCUT2D eigenvalue weighted by Crippen LogP contribution is -2.41. The van der Waals surface area contributed by atoms with Gasteiger partial charge in [-0.3, -0.25) is 14.4 Å². The summed E-state index contributed by atoms with van der Waals surface area (Å²) in [6, 6.07) is 17.9. The van der Waals surface area contributed by atoms with Crippen molar-refractivity contribution in [1.82, 2.24) is 19.7 Å². The fourth-order valence-corrected chi connectivity index (χ4v) is 5.62. The van der Waals surface area contributed by atoms with Crippen molar-refractivity contribution in [3.05, 3.63) is 65.2 Å². The number of nitrogens with zero attached hydrogens (tertiary/aromatic N) is 4. The highest BCUT2D eigenvalue weighted by Gasteiger charge is 2.31. The minimum Gasteiger partial charge on any atom is -0.365 e. The van der Waals surface area contributed by atoms with Gasteiger partial charge in [0.2, 0.25) is 17.7 Å². The summed E-state index contributed by atoms with van der Waals surface area (Å²) >= 11 is 1.59. The van der Waals surface area contributed by atoms with E-state index < -0.39 is 6.10 Å². The number of hydrogen-bond donors (Lipinski definition) is 0. The van der Waals surface area contributed by atoms with Gasteiger partial charge in [0.25, 0.3) is 0 Å². The monoisotopic (exact) mass is 536 g/mol. The predicted octanol–water partition coefficient (Wildman–Crippen LogP) is 3.40. The number of rotatable bonds is 11. The normalized spacial score (nSPS) is 16.1. The number of hydrogen-bond acceptors (Lipinski definition) is 6. The van der Waals surface area contributed by atoms with Crippen LogP contribution in [0.25, 0.3) is 10.2 Å². The number of amides is 3. The summed E-state index contributed by atoms with van der Waals surface area (Å²) in [5, 5.41) is 0.905. The molecule has 0 saturated carbocycles. The smallest absolute Gasteiger partial charge is 0.248 e. The number of para-hydroxylation sites is 1. The maximum Gasteiger partial charge on any atom is 0.248 e. The molecule has 1 aromatic heterocycles. The second kappa shape index (κ2) is 13.5. The van der Waals surface area contributed by atoms with Crippen LogP contribution in [0, 0.1) is 0 Å². The van der Waals surface area contributed by atoms with Gasteiger partial charge in [-0.05, 0) is 38.0 Å². The second-order valence-corrected chi connectivity index (χ2v) is 10.5. The molecule has 0 N–H and O–H groups in total. The largest absolute Gasteiger partial charge is 0.365 e. The van der Waals surface area contributed by atoms with Crippen LogP contribution in [0.2, 0.25) is 0 Å². The Labute approximate surface area is 228 Å². The van der Waals surface area contributed by atoms with Crippen molar-refractivity contribution in [3.8, 4) is 0 Å². The van der Waals surface area contributed by atoms with Crippen molar-refractivity contribution in [2.24, 2.45) is 0 Å². The lowest BCUT2D eigenvalue weighted by molar-refractivity contribution is -0.139. The molecule has 9 heteroatoms. The maximum atomic E-state index is 13.3. The molecule has 3 amide bonds. The van der Waals surface area contributed by atoms with Gasteiger partial charge in [0.1, 0.15) is 6.61 Å². The number of benzene rings is 2. The van der Waals surface area contributed by atoms with E-state index in [-0.39, 0.29) is 43.8 Å². The second-order valence-electron chi connectivity index (χ2n) is 9.42. The average Bonchev–Trinajstić information content (AvgIpc) is 3.28. The van der Waals surface area contributed by atoms with E-state index >= 15 is 0 Å². The first-order chi connectivity index (χ1) is 18.5. The van der Waals surface area contributed by atoms with E-state index in [1.807, 2.05) is 68.4 Å². The Morgan fingerprint density at radius 1 is 1.03 bits per heavy atom. The Balaban J connectivity index is 1.42. The van der Waals surface area contributed by atoms with Crippen LogP contribution in [0.1, 0.15) is 30.8 Å². The maximum absolute atomic E-state index is 13.3. The third-order valence-electron chi connectivity index (χ3n) is 6.84. The number of ether oxygens (including phenoxy) is 1. The van der Waals surface area contributed by atoms with Crippen LogP contribution in [0.4, 0.5) is 0 Å². The standard InChI is InChI=1S/C29H36N4O4S/c1-3-31(4-2)29(36)21-37-23-18-32(17-16-22-10-6-5-7-11-22)28(35)20-33(19-23)27(34)15-14-26-30-24-12-8-9-13-25(24)38-26/h5-13,23H,3-4,14-21H2,1-2H3/t23-/m0/s1. The van der Waals surface area contributed by atoms with Gasteiger partial charge in [-0.1, -0.05) is 42.5 Å². The molecule has 2 heterocycles. The molecule has 0 spiro atoms. The van der Waals surface area contributed by atoms with Crippen LogP contribution in [-0.2, 0) is 32.0 Å². The van der Waals surface area contributed by atoms with Gasteiger partial charge in [-0.2, -0.15) is 0 Å². The van der Waals surface area contributed by atoms with Crippen LogP contribution in [0.5, 0.6) is 0 Å². The lowest BCUT2D eigenvalue weighted by Gasteiger charge is -2.26. The van der Waals surface area contributed by atoms with Gasteiger partial charge < -0.3 is 19.4 Å². The Bertz CT molecular complexity index is 1190. The van der Waals surface area contributed by atoms with Gasteiger partial charge in [0.15, 0.2) is 0 Å². The number of thiazole rings is 1. The molecular weight excluding hydrogens is 500 g/mol. The Hall–Kier alpha value is -3.30. The van der Waals surface area contributed by atoms with Crippen LogP contribution in [0.15, 0.2) is 54.6 Å². The average molecular weight is 537 g/mol. The van der Waals surface area contributed by atoms with E-state index in [1.54, 1.807) is 26.0 Å². The third-order valence-corrected chi connectivity index (χ3v) is 7.94. The van der Waals surface area contributed by atoms with Crippen molar-refractivity contribution < 1.29 is 19.1 Å². The molecule has 1 saturated heterocycles. The summed E-state index contributed by atoms with van der Waals surface area (Å²) in [5.74, 6) is -0.295. The van der Waals surface area contributed by atoms with Crippen molar-refractivity contribution >= 4 is 39.3 Å². The Morgan fingerprint density at radius 2 is 1.76 bits per heavy atom. The number of aryl methyl sites for hydroxylation is 1. The predicted molar refractivity (Wildman–Crippen MR) is 149 cm³/mol. The third kappa shape index (κ3) is 7.39. The highest BCUT2D eigenvalue weighted by molar-refractivity contribution is 7.18. The van der Waals surface area contributed by atoms with E-state index in [2.05, 4.69) is 4.98 Å². The molecule has 1 atom stereocenters. The zero-order valence-electron chi connectivity index (χ0n) is 22.2. The SMILES string of the molecule is CCN(CC)C(=O)CO[C@H]1CN(CCc2ccccc2)C(=O)CN(C(=O)CCc2nc3ccccc3s2)C1. The summed E-state index contributed by atoms with van der Waals surface area (Å²) in [6.45, 7) is 6.18. The molecule has 0 bridgehead atoms. The van der Waals surface area contributed by atoms with Gasteiger partial charge in [-0.15, -0.1) is 11.3 Å². The lowest BCUT2D eigenvalue weighted by atomic mass is 10.1. The molecule has 1 aliphatic rings. The Kier molecular flexibility index (Phi) is 9.84. The summed E-state index contributed by atoms with van der Waals surface area (Å²) in [5.41, 5.74) is 2.08. The van der Waals surface area contributed by atoms with Gasteiger partial charge in [0, 0.05) is 45.6 Å². The molecule has 38 heavy (non-hydrogen) atoms. The molecule has 1 fully saturated rings. The fourth-order valence-electron chi connectivity index (χ4n) is 4.65. The molecular formula is C29H36N4O4S. The minimum absolute atomic E-state index is 0.0112. The van der Waals surface area contributed by atoms with Crippen molar-refractivity contribution in [3.63, 3.8) is 0 Å². The van der Waals surface area contributed by atoms with Crippen LogP contribution in [0.3, 0.4) is 0 Å². The van der Waals surface area contributed by atoms with Crippen molar-refractivity contribution in [1.29, 1.82) is 0 Å². The van der Waals surface area contributed by atoms with Gasteiger partial charge >= 0.3 is 0 Å². The van der Waals surface area contributed by atoms with E-state index in [0.29, 0.717) is 39.0 Å². The molecule has 4 rings (SSSR count). The van der Waals surface area contributed by atoms with Gasteiger partial charge in [-0.25, -0.2) is 4.98 Å². The van der Waals surface area contributed by atoms with Crippen molar-refractivity contribution in [2.45, 2.75) is 39.2 Å². The van der Waals surface area contributed by atoms with Gasteiger partial charge in [0.05, 0.1) is 27.9 Å². The van der Waals surface area contributed by atoms with Crippen LogP contribution < -0.4 is 0 Å². The molecule has 8 nitrogen and oxygen atoms in total. The molecule has 3 aromatic rings. The summed E-state index contributed by atoms with van der Waals surface area (Å²) in [6.07, 6.45) is 1.06. The first-order valence-electron chi connectivity index (χ1n) is 13.3. The molecule has 1 aliphatic heterocycles. The topological polar surface area (TPSA) is 83.0 Å². The molecule has 0 aliphatic carbocycles. The summed E-state index contributed by atoms with van der Waals surface area (Å²) in [4.78, 5) is 48.7. The molecule has 0 radical (unpaired) electrons. The number of fused-ring (bicyclic) bond motifs is 1. The number of likely N-dealkylation sites (N-methyl/N-ethyl adjacent to an activating group) is 1. The molecule has 202 valence electrons. The first-order valence-corrected chi connectivity index (χ1v) is 14.1. The summed E-state index contributed by atoms with van der Waals surface area (Å²) in [7, 11) is 0. The fraction of sp³-hybridized carbons (Fsp3) is 0.448. The Morgan fingerprint density at radius 3 is 2.50 bits per heavy atom. The number of aromatic nitrogens is 1.